The Morgan fingerprint density at radius 1 is 1.07 bits per heavy atom. The van der Waals surface area contributed by atoms with E-state index in [4.69, 9.17) is 0 Å². The summed E-state index contributed by atoms with van der Waals surface area (Å²) in [5.74, 6) is -3.98. The number of halogens is 3. The first-order chi connectivity index (χ1) is 13.9. The summed E-state index contributed by atoms with van der Waals surface area (Å²) in [6.45, 7) is 0.0161. The lowest BCUT2D eigenvalue weighted by Crippen LogP contribution is -2.44. The van der Waals surface area contributed by atoms with Crippen molar-refractivity contribution in [1.82, 2.24) is 19.7 Å². The van der Waals surface area contributed by atoms with Crippen molar-refractivity contribution in [3.8, 4) is 17.1 Å². The molecule has 1 aliphatic carbocycles. The molecule has 148 valence electrons. The number of amides is 1. The lowest BCUT2D eigenvalue weighted by atomic mass is 10.1. The molecule has 0 spiro atoms. The van der Waals surface area contributed by atoms with Crippen molar-refractivity contribution in [3.63, 3.8) is 0 Å². The highest BCUT2D eigenvalue weighted by Gasteiger charge is 2.57. The van der Waals surface area contributed by atoms with E-state index in [1.807, 2.05) is 30.3 Å². The first-order valence-electron chi connectivity index (χ1n) is 9.39. The minimum Gasteiger partial charge on any atom is -0.332 e. The monoisotopic (exact) mass is 398 g/mol. The van der Waals surface area contributed by atoms with Crippen molar-refractivity contribution in [2.24, 2.45) is 5.92 Å². The van der Waals surface area contributed by atoms with E-state index in [2.05, 4.69) is 10.1 Å². The maximum atomic E-state index is 13.8. The van der Waals surface area contributed by atoms with Crippen molar-refractivity contribution in [2.45, 2.75) is 24.8 Å². The zero-order valence-corrected chi connectivity index (χ0v) is 15.3. The van der Waals surface area contributed by atoms with Crippen LogP contribution < -0.4 is 0 Å². The first-order valence-corrected chi connectivity index (χ1v) is 9.39. The number of aromatic nitrogens is 3. The standard InChI is InChI=1S/C21H17F3N4O/c22-15-6-8-16(9-7-15)28-19(13-4-2-1-3-5-13)25-18(26-28)20(29)27-12-14-10-17(27)11-21(14,23)24/h1-9,14,17H,10-12H2. The van der Waals surface area contributed by atoms with Gasteiger partial charge in [-0.15, -0.1) is 5.10 Å². The van der Waals surface area contributed by atoms with Gasteiger partial charge in [-0.25, -0.2) is 22.8 Å². The van der Waals surface area contributed by atoms with E-state index in [1.54, 1.807) is 12.1 Å². The quantitative estimate of drug-likeness (QED) is 0.672. The van der Waals surface area contributed by atoms with Crippen molar-refractivity contribution < 1.29 is 18.0 Å². The van der Waals surface area contributed by atoms with Gasteiger partial charge in [0.25, 0.3) is 11.8 Å². The van der Waals surface area contributed by atoms with Crippen molar-refractivity contribution >= 4 is 5.91 Å². The van der Waals surface area contributed by atoms with Gasteiger partial charge in [-0.3, -0.25) is 4.79 Å². The highest BCUT2D eigenvalue weighted by molar-refractivity contribution is 5.91. The molecule has 2 bridgehead atoms. The number of fused-ring (bicyclic) bond motifs is 2. The van der Waals surface area contributed by atoms with Gasteiger partial charge in [0.05, 0.1) is 5.69 Å². The SMILES string of the molecule is O=C(c1nc(-c2ccccc2)n(-c2ccc(F)cc2)n1)N1CC2CC1CC2(F)F. The maximum absolute atomic E-state index is 13.8. The summed E-state index contributed by atoms with van der Waals surface area (Å²) < 4.78 is 42.5. The molecule has 29 heavy (non-hydrogen) atoms. The van der Waals surface area contributed by atoms with Gasteiger partial charge in [0.15, 0.2) is 5.82 Å². The van der Waals surface area contributed by atoms with Gasteiger partial charge in [0, 0.05) is 30.5 Å². The second-order valence-corrected chi connectivity index (χ2v) is 7.52. The summed E-state index contributed by atoms with van der Waals surface area (Å²) in [4.78, 5) is 18.9. The molecule has 1 aliphatic heterocycles. The van der Waals surface area contributed by atoms with Crippen LogP contribution in [0, 0.1) is 11.7 Å². The Labute approximate surface area is 164 Å². The Morgan fingerprint density at radius 2 is 1.79 bits per heavy atom. The predicted octanol–water partition coefficient (Wildman–Crippen LogP) is 3.94. The molecular formula is C21H17F3N4O. The van der Waals surface area contributed by atoms with Gasteiger partial charge in [-0.1, -0.05) is 30.3 Å². The summed E-state index contributed by atoms with van der Waals surface area (Å²) in [6, 6.07) is 14.4. The number of carbonyl (C=O) groups excluding carboxylic acids is 1. The molecule has 1 aromatic heterocycles. The highest BCUT2D eigenvalue weighted by Crippen LogP contribution is 2.48. The average Bonchev–Trinajstić information content (AvgIpc) is 3.40. The molecular weight excluding hydrogens is 381 g/mol. The van der Waals surface area contributed by atoms with E-state index < -0.39 is 23.8 Å². The van der Waals surface area contributed by atoms with E-state index in [9.17, 15) is 18.0 Å². The highest BCUT2D eigenvalue weighted by atomic mass is 19.3. The molecule has 0 radical (unpaired) electrons. The Hall–Kier alpha value is -3.16. The summed E-state index contributed by atoms with van der Waals surface area (Å²) >= 11 is 0. The molecule has 2 heterocycles. The Bertz CT molecular complexity index is 1070. The third-order valence-electron chi connectivity index (χ3n) is 5.68. The van der Waals surface area contributed by atoms with Gasteiger partial charge in [-0.05, 0) is 30.7 Å². The molecule has 2 atom stereocenters. The van der Waals surface area contributed by atoms with E-state index in [0.29, 0.717) is 17.9 Å². The first kappa shape index (κ1) is 17.9. The number of hydrogen-bond acceptors (Lipinski definition) is 3. The molecule has 1 amide bonds. The van der Waals surface area contributed by atoms with Gasteiger partial charge in [0.1, 0.15) is 5.82 Å². The summed E-state index contributed by atoms with van der Waals surface area (Å²) in [6.07, 6.45) is -0.00340. The van der Waals surface area contributed by atoms with E-state index in [-0.39, 0.29) is 24.6 Å². The number of alkyl halides is 2. The summed E-state index contributed by atoms with van der Waals surface area (Å²) in [7, 11) is 0. The van der Waals surface area contributed by atoms with Crippen LogP contribution in [0.25, 0.3) is 17.1 Å². The third-order valence-corrected chi connectivity index (χ3v) is 5.68. The predicted molar refractivity (Wildman–Crippen MR) is 99.2 cm³/mol. The smallest absolute Gasteiger partial charge is 0.293 e. The zero-order valence-electron chi connectivity index (χ0n) is 15.3. The molecule has 2 fully saturated rings. The number of likely N-dealkylation sites (tertiary alicyclic amines) is 1. The Kier molecular flexibility index (Phi) is 3.97. The average molecular weight is 398 g/mol. The molecule has 2 aromatic carbocycles. The van der Waals surface area contributed by atoms with E-state index in [0.717, 1.165) is 5.56 Å². The molecule has 8 heteroatoms. The van der Waals surface area contributed by atoms with Crippen LogP contribution in [0.1, 0.15) is 23.5 Å². The van der Waals surface area contributed by atoms with Gasteiger partial charge >= 0.3 is 0 Å². The van der Waals surface area contributed by atoms with Gasteiger partial charge in [0.2, 0.25) is 5.82 Å². The number of rotatable bonds is 3. The fourth-order valence-corrected chi connectivity index (χ4v) is 4.21. The van der Waals surface area contributed by atoms with E-state index >= 15 is 0 Å². The number of nitrogens with zero attached hydrogens (tertiary/aromatic N) is 4. The van der Waals surface area contributed by atoms with Crippen molar-refractivity contribution in [2.75, 3.05) is 6.54 Å². The van der Waals surface area contributed by atoms with Crippen LogP contribution in [0.5, 0.6) is 0 Å². The number of carbonyl (C=O) groups is 1. The number of hydrogen-bond donors (Lipinski definition) is 0. The molecule has 5 rings (SSSR count). The van der Waals surface area contributed by atoms with Gasteiger partial charge < -0.3 is 4.90 Å². The van der Waals surface area contributed by atoms with Crippen LogP contribution >= 0.6 is 0 Å². The zero-order chi connectivity index (χ0) is 20.2. The molecule has 2 unspecified atom stereocenters. The largest absolute Gasteiger partial charge is 0.332 e. The van der Waals surface area contributed by atoms with Crippen molar-refractivity contribution in [3.05, 3.63) is 66.2 Å². The minimum atomic E-state index is -2.71. The fourth-order valence-electron chi connectivity index (χ4n) is 4.21. The maximum Gasteiger partial charge on any atom is 0.293 e. The number of benzene rings is 2. The molecule has 1 saturated heterocycles. The van der Waals surface area contributed by atoms with Crippen LogP contribution in [-0.2, 0) is 0 Å². The summed E-state index contributed by atoms with van der Waals surface area (Å²) in [5, 5.41) is 4.36. The number of piperidine rings is 1. The van der Waals surface area contributed by atoms with Crippen LogP contribution in [-0.4, -0.2) is 44.1 Å². The second-order valence-electron chi connectivity index (χ2n) is 7.52. The normalized spacial score (nSPS) is 22.2. The van der Waals surface area contributed by atoms with Crippen LogP contribution in [0.2, 0.25) is 0 Å². The lowest BCUT2D eigenvalue weighted by molar-refractivity contribution is -0.0623. The minimum absolute atomic E-state index is 0.0161. The molecule has 2 aliphatic rings. The van der Waals surface area contributed by atoms with Crippen LogP contribution in [0.4, 0.5) is 13.2 Å². The Morgan fingerprint density at radius 3 is 2.41 bits per heavy atom. The molecule has 1 saturated carbocycles. The fraction of sp³-hybridized carbons (Fsp3) is 0.286. The Balaban J connectivity index is 1.53. The second kappa shape index (κ2) is 6.43. The molecule has 5 nitrogen and oxygen atoms in total. The lowest BCUT2D eigenvalue weighted by Gasteiger charge is -2.30. The van der Waals surface area contributed by atoms with Crippen LogP contribution in [0.3, 0.4) is 0 Å². The molecule has 3 aromatic rings. The van der Waals surface area contributed by atoms with E-state index in [1.165, 1.54) is 21.7 Å². The molecule has 0 N–H and O–H groups in total. The third kappa shape index (κ3) is 2.99. The van der Waals surface area contributed by atoms with Gasteiger partial charge in [-0.2, -0.15) is 0 Å². The van der Waals surface area contributed by atoms with Crippen molar-refractivity contribution in [1.29, 1.82) is 0 Å². The van der Waals surface area contributed by atoms with Crippen LogP contribution in [0.15, 0.2) is 54.6 Å². The topological polar surface area (TPSA) is 51.0 Å². The summed E-state index contributed by atoms with van der Waals surface area (Å²) in [5.41, 5.74) is 1.28.